The molecule has 3 heteroatoms. The van der Waals surface area contributed by atoms with Crippen molar-refractivity contribution in [2.24, 2.45) is 0 Å². The summed E-state index contributed by atoms with van der Waals surface area (Å²) in [4.78, 5) is 11.5. The fourth-order valence-corrected chi connectivity index (χ4v) is 7.50. The van der Waals surface area contributed by atoms with Crippen molar-refractivity contribution < 1.29 is 0 Å². The van der Waals surface area contributed by atoms with Crippen LogP contribution in [-0.2, 0) is 0 Å². The molecule has 0 fully saturated rings. The SMILES string of the molecule is C1=CCCC(N(c2ccc3c(c2)c2ccccc2c2c(-c4ccccc4)cc(-c4ccccc4)c(-c4ccccc4)c32)c2cnccn2)=C1. The van der Waals surface area contributed by atoms with Crippen LogP contribution < -0.4 is 4.90 Å². The van der Waals surface area contributed by atoms with Crippen molar-refractivity contribution in [3.8, 4) is 33.4 Å². The monoisotopic (exact) mass is 627 g/mol. The van der Waals surface area contributed by atoms with E-state index in [4.69, 9.17) is 4.98 Å². The number of hydrogen-bond acceptors (Lipinski definition) is 3. The Morgan fingerprint density at radius 3 is 1.86 bits per heavy atom. The van der Waals surface area contributed by atoms with Crippen molar-refractivity contribution in [3.05, 3.63) is 182 Å². The Bertz CT molecular complexity index is 2520. The number of allylic oxidation sites excluding steroid dienone is 4. The smallest absolute Gasteiger partial charge is 0.155 e. The van der Waals surface area contributed by atoms with Crippen molar-refractivity contribution in [1.29, 1.82) is 0 Å². The molecule has 0 saturated carbocycles. The Hall–Kier alpha value is -6.32. The number of benzene rings is 7. The molecule has 3 nitrogen and oxygen atoms in total. The van der Waals surface area contributed by atoms with Crippen LogP contribution in [0.4, 0.5) is 11.5 Å². The summed E-state index contributed by atoms with van der Waals surface area (Å²) in [5.74, 6) is 0.816. The molecule has 0 bridgehead atoms. The normalized spacial score (nSPS) is 12.8. The van der Waals surface area contributed by atoms with Crippen molar-refractivity contribution in [2.75, 3.05) is 4.90 Å². The van der Waals surface area contributed by atoms with Crippen molar-refractivity contribution >= 4 is 43.8 Å². The maximum Gasteiger partial charge on any atom is 0.155 e. The molecule has 7 aromatic carbocycles. The lowest BCUT2D eigenvalue weighted by atomic mass is 9.81. The number of aromatic nitrogens is 2. The molecule has 1 heterocycles. The third-order valence-electron chi connectivity index (χ3n) is 9.63. The first-order valence-corrected chi connectivity index (χ1v) is 16.9. The van der Waals surface area contributed by atoms with Gasteiger partial charge in [0.1, 0.15) is 0 Å². The van der Waals surface area contributed by atoms with E-state index in [9.17, 15) is 0 Å². The maximum absolute atomic E-state index is 4.77. The third kappa shape index (κ3) is 5.08. The molecule has 49 heavy (non-hydrogen) atoms. The number of nitrogens with zero attached hydrogens (tertiary/aromatic N) is 3. The van der Waals surface area contributed by atoms with Gasteiger partial charge in [-0.05, 0) is 103 Å². The van der Waals surface area contributed by atoms with E-state index in [1.807, 2.05) is 6.20 Å². The lowest BCUT2D eigenvalue weighted by Crippen LogP contribution is -2.18. The van der Waals surface area contributed by atoms with E-state index < -0.39 is 0 Å². The van der Waals surface area contributed by atoms with Gasteiger partial charge < -0.3 is 0 Å². The summed E-state index contributed by atoms with van der Waals surface area (Å²) in [6, 6.07) is 50.8. The van der Waals surface area contributed by atoms with Gasteiger partial charge in [-0.3, -0.25) is 9.88 Å². The van der Waals surface area contributed by atoms with Gasteiger partial charge in [0, 0.05) is 23.8 Å². The van der Waals surface area contributed by atoms with Crippen LogP contribution in [0.1, 0.15) is 12.8 Å². The molecule has 1 aromatic heterocycles. The Morgan fingerprint density at radius 1 is 0.531 bits per heavy atom. The molecule has 0 atom stereocenters. The molecule has 8 aromatic rings. The molecule has 1 aliphatic rings. The largest absolute Gasteiger partial charge is 0.298 e. The first kappa shape index (κ1) is 28.9. The minimum absolute atomic E-state index is 0.816. The lowest BCUT2D eigenvalue weighted by molar-refractivity contribution is 0.905. The summed E-state index contributed by atoms with van der Waals surface area (Å²) >= 11 is 0. The molecule has 0 radical (unpaired) electrons. The van der Waals surface area contributed by atoms with Gasteiger partial charge in [-0.1, -0.05) is 133 Å². The molecule has 1 aliphatic carbocycles. The fourth-order valence-electron chi connectivity index (χ4n) is 7.50. The molecule has 232 valence electrons. The van der Waals surface area contributed by atoms with E-state index >= 15 is 0 Å². The maximum atomic E-state index is 4.77. The molecule has 0 unspecified atom stereocenters. The molecule has 0 spiro atoms. The fraction of sp³-hybridized carbons (Fsp3) is 0.0435. The second kappa shape index (κ2) is 12.4. The standard InChI is InChI=1S/C46H33N3/c1-5-15-32(16-6-1)40-30-41(33-17-7-2-8-18-33)45-38-24-14-13-23-37(38)42-29-36(25-26-39(42)46(45)44(40)34-19-9-3-10-20-34)49(35-21-11-4-12-22-35)43-31-47-27-28-48-43/h1-11,13-21,23-31H,12,22H2. The Kier molecular flexibility index (Phi) is 7.29. The van der Waals surface area contributed by atoms with Gasteiger partial charge in [-0.2, -0.15) is 0 Å². The quantitative estimate of drug-likeness (QED) is 0.172. The molecule has 0 amide bonds. The van der Waals surface area contributed by atoms with Crippen LogP contribution in [-0.4, -0.2) is 9.97 Å². The summed E-state index contributed by atoms with van der Waals surface area (Å²) in [6.07, 6.45) is 13.9. The highest BCUT2D eigenvalue weighted by Crippen LogP contribution is 2.49. The van der Waals surface area contributed by atoms with Crippen LogP contribution in [0, 0.1) is 0 Å². The highest BCUT2D eigenvalue weighted by Gasteiger charge is 2.23. The highest BCUT2D eigenvalue weighted by atomic mass is 15.2. The van der Waals surface area contributed by atoms with Gasteiger partial charge in [-0.25, -0.2) is 4.98 Å². The van der Waals surface area contributed by atoms with Crippen LogP contribution in [0.15, 0.2) is 182 Å². The van der Waals surface area contributed by atoms with Gasteiger partial charge in [0.2, 0.25) is 0 Å². The van der Waals surface area contributed by atoms with E-state index in [1.165, 1.54) is 71.4 Å². The van der Waals surface area contributed by atoms with E-state index in [0.717, 1.165) is 24.3 Å². The molecule has 0 aliphatic heterocycles. The lowest BCUT2D eigenvalue weighted by Gasteiger charge is -2.28. The molecule has 0 saturated heterocycles. The molecule has 9 rings (SSSR count). The molecular formula is C46H33N3. The summed E-state index contributed by atoms with van der Waals surface area (Å²) in [6.45, 7) is 0. The average molecular weight is 628 g/mol. The van der Waals surface area contributed by atoms with Crippen molar-refractivity contribution in [1.82, 2.24) is 9.97 Å². The first-order chi connectivity index (χ1) is 24.3. The topological polar surface area (TPSA) is 29.0 Å². The van der Waals surface area contributed by atoms with Gasteiger partial charge >= 0.3 is 0 Å². The average Bonchev–Trinajstić information content (AvgIpc) is 3.19. The zero-order chi connectivity index (χ0) is 32.6. The summed E-state index contributed by atoms with van der Waals surface area (Å²) in [5.41, 5.74) is 9.58. The zero-order valence-electron chi connectivity index (χ0n) is 27.0. The van der Waals surface area contributed by atoms with E-state index in [2.05, 4.69) is 168 Å². The summed E-state index contributed by atoms with van der Waals surface area (Å²) in [5, 5.41) is 7.44. The first-order valence-electron chi connectivity index (χ1n) is 16.9. The minimum atomic E-state index is 0.816. The van der Waals surface area contributed by atoms with E-state index in [1.54, 1.807) is 12.4 Å². The van der Waals surface area contributed by atoms with E-state index in [0.29, 0.717) is 0 Å². The molecule has 0 N–H and O–H groups in total. The van der Waals surface area contributed by atoms with Crippen LogP contribution in [0.25, 0.3) is 65.7 Å². The third-order valence-corrected chi connectivity index (χ3v) is 9.63. The van der Waals surface area contributed by atoms with Crippen molar-refractivity contribution in [2.45, 2.75) is 12.8 Å². The predicted octanol–water partition coefficient (Wildman–Crippen LogP) is 12.3. The summed E-state index contributed by atoms with van der Waals surface area (Å²) in [7, 11) is 0. The Labute approximate surface area is 286 Å². The van der Waals surface area contributed by atoms with Crippen LogP contribution >= 0.6 is 0 Å². The Morgan fingerprint density at radius 2 is 1.18 bits per heavy atom. The number of anilines is 2. The van der Waals surface area contributed by atoms with Crippen LogP contribution in [0.2, 0.25) is 0 Å². The van der Waals surface area contributed by atoms with E-state index in [-0.39, 0.29) is 0 Å². The number of rotatable bonds is 6. The second-order valence-electron chi connectivity index (χ2n) is 12.5. The van der Waals surface area contributed by atoms with Gasteiger partial charge in [-0.15, -0.1) is 0 Å². The van der Waals surface area contributed by atoms with Gasteiger partial charge in [0.25, 0.3) is 0 Å². The Balaban J connectivity index is 1.46. The van der Waals surface area contributed by atoms with Crippen molar-refractivity contribution in [3.63, 3.8) is 0 Å². The number of hydrogen-bond donors (Lipinski definition) is 0. The predicted molar refractivity (Wildman–Crippen MR) is 206 cm³/mol. The second-order valence-corrected chi connectivity index (χ2v) is 12.5. The summed E-state index contributed by atoms with van der Waals surface area (Å²) < 4.78 is 0. The van der Waals surface area contributed by atoms with Crippen LogP contribution in [0.5, 0.6) is 0 Å². The molecular weight excluding hydrogens is 595 g/mol. The zero-order valence-corrected chi connectivity index (χ0v) is 27.0. The van der Waals surface area contributed by atoms with Gasteiger partial charge in [0.05, 0.1) is 6.20 Å². The van der Waals surface area contributed by atoms with Crippen LogP contribution in [0.3, 0.4) is 0 Å². The van der Waals surface area contributed by atoms with Gasteiger partial charge in [0.15, 0.2) is 5.82 Å². The number of fused-ring (bicyclic) bond motifs is 6. The minimum Gasteiger partial charge on any atom is -0.298 e. The highest BCUT2D eigenvalue weighted by molar-refractivity contribution is 6.33.